The molecule has 1 atom stereocenters. The fourth-order valence-electron chi connectivity index (χ4n) is 0.359. The molecule has 0 aliphatic carbocycles. The van der Waals surface area contributed by atoms with Crippen molar-refractivity contribution in [3.8, 4) is 0 Å². The molecule has 0 aromatic carbocycles. The molecule has 0 heterocycles. The monoisotopic (exact) mass is 134 g/mol. The second-order valence-electron chi connectivity index (χ2n) is 1.91. The minimum Gasteiger partial charge on any atom is -0.298 e. The van der Waals surface area contributed by atoms with Crippen molar-refractivity contribution in [2.24, 2.45) is 5.92 Å². The summed E-state index contributed by atoms with van der Waals surface area (Å²) >= 11 is 5.28. The zero-order chi connectivity index (χ0) is 6.57. The summed E-state index contributed by atoms with van der Waals surface area (Å²) in [5.41, 5.74) is 0. The third-order valence-electron chi connectivity index (χ3n) is 1.29. The molecular weight excluding hydrogens is 124 g/mol. The summed E-state index contributed by atoms with van der Waals surface area (Å²) < 4.78 is 0. The number of hydrogen-bond acceptors (Lipinski definition) is 1. The number of alkyl halides is 1. The summed E-state index contributed by atoms with van der Waals surface area (Å²) in [7, 11) is 0. The first kappa shape index (κ1) is 7.96. The van der Waals surface area contributed by atoms with Crippen molar-refractivity contribution in [2.75, 3.05) is 5.88 Å². The van der Waals surface area contributed by atoms with Crippen molar-refractivity contribution in [1.29, 1.82) is 0 Å². The van der Waals surface area contributed by atoms with Crippen LogP contribution in [-0.4, -0.2) is 11.7 Å². The quantitative estimate of drug-likeness (QED) is 0.539. The van der Waals surface area contributed by atoms with E-state index in [9.17, 15) is 4.79 Å². The number of Topliss-reactive ketones (excluding diaryl/α,β-unsaturated/α-hetero) is 1. The fraction of sp³-hybridized carbons (Fsp3) is 0.833. The maximum Gasteiger partial charge on any atom is 0.150 e. The van der Waals surface area contributed by atoms with Crippen LogP contribution < -0.4 is 0 Å². The predicted octanol–water partition coefficient (Wildman–Crippen LogP) is 1.84. The van der Waals surface area contributed by atoms with E-state index in [0.717, 1.165) is 6.42 Å². The number of halogens is 1. The first-order valence-corrected chi connectivity index (χ1v) is 3.34. The van der Waals surface area contributed by atoms with Crippen LogP contribution in [0.15, 0.2) is 0 Å². The average Bonchev–Trinajstić information content (AvgIpc) is 1.84. The second-order valence-corrected chi connectivity index (χ2v) is 2.18. The van der Waals surface area contributed by atoms with Gasteiger partial charge in [0.25, 0.3) is 0 Å². The zero-order valence-corrected chi connectivity index (χ0v) is 6.03. The minimum absolute atomic E-state index is 0.146. The summed E-state index contributed by atoms with van der Waals surface area (Å²) in [5.74, 6) is 0.455. The molecule has 0 unspecified atom stereocenters. The van der Waals surface area contributed by atoms with Crippen LogP contribution in [0.1, 0.15) is 20.3 Å². The van der Waals surface area contributed by atoms with Crippen molar-refractivity contribution < 1.29 is 4.79 Å². The lowest BCUT2D eigenvalue weighted by atomic mass is 10.1. The molecule has 0 radical (unpaired) electrons. The van der Waals surface area contributed by atoms with Crippen LogP contribution in [0.2, 0.25) is 0 Å². The van der Waals surface area contributed by atoms with Gasteiger partial charge in [-0.1, -0.05) is 13.8 Å². The molecule has 0 aliphatic heterocycles. The first-order valence-electron chi connectivity index (χ1n) is 2.81. The van der Waals surface area contributed by atoms with Gasteiger partial charge in [0.05, 0.1) is 5.88 Å². The van der Waals surface area contributed by atoms with Crippen molar-refractivity contribution >= 4 is 17.4 Å². The van der Waals surface area contributed by atoms with Crippen LogP contribution in [0.3, 0.4) is 0 Å². The topological polar surface area (TPSA) is 17.1 Å². The molecule has 0 aromatic rings. The lowest BCUT2D eigenvalue weighted by Crippen LogP contribution is -2.10. The molecule has 48 valence electrons. The van der Waals surface area contributed by atoms with E-state index in [1.54, 1.807) is 0 Å². The minimum atomic E-state index is 0.146. The summed E-state index contributed by atoms with van der Waals surface area (Å²) in [4.78, 5) is 10.6. The van der Waals surface area contributed by atoms with Gasteiger partial charge in [0, 0.05) is 5.92 Å². The molecule has 1 nitrogen and oxygen atoms in total. The van der Waals surface area contributed by atoms with E-state index >= 15 is 0 Å². The van der Waals surface area contributed by atoms with Crippen molar-refractivity contribution in [2.45, 2.75) is 20.3 Å². The first-order chi connectivity index (χ1) is 3.72. The zero-order valence-electron chi connectivity index (χ0n) is 5.28. The lowest BCUT2D eigenvalue weighted by molar-refractivity contribution is -0.119. The Labute approximate surface area is 55.0 Å². The van der Waals surface area contributed by atoms with E-state index in [2.05, 4.69) is 0 Å². The highest BCUT2D eigenvalue weighted by atomic mass is 35.5. The van der Waals surface area contributed by atoms with Gasteiger partial charge < -0.3 is 0 Å². The van der Waals surface area contributed by atoms with Crippen molar-refractivity contribution in [3.63, 3.8) is 0 Å². The Kier molecular flexibility index (Phi) is 3.88. The summed E-state index contributed by atoms with van der Waals surface area (Å²) in [6, 6.07) is 0. The van der Waals surface area contributed by atoms with Crippen LogP contribution in [0, 0.1) is 5.92 Å². The van der Waals surface area contributed by atoms with Gasteiger partial charge in [-0.25, -0.2) is 0 Å². The standard InChI is InChI=1S/C6H11ClO/c1-3-5(2)6(8)4-7/h5H,3-4H2,1-2H3/t5-/m0/s1. The molecule has 0 N–H and O–H groups in total. The van der Waals surface area contributed by atoms with E-state index in [1.807, 2.05) is 13.8 Å². The summed E-state index contributed by atoms with van der Waals surface area (Å²) in [6.07, 6.45) is 0.894. The van der Waals surface area contributed by atoms with Gasteiger partial charge in [0.2, 0.25) is 0 Å². The number of hydrogen-bond donors (Lipinski definition) is 0. The van der Waals surface area contributed by atoms with E-state index in [1.165, 1.54) is 0 Å². The van der Waals surface area contributed by atoms with E-state index < -0.39 is 0 Å². The van der Waals surface area contributed by atoms with Crippen LogP contribution in [0.4, 0.5) is 0 Å². The number of ketones is 1. The van der Waals surface area contributed by atoms with Crippen molar-refractivity contribution in [3.05, 3.63) is 0 Å². The van der Waals surface area contributed by atoms with Gasteiger partial charge in [0.1, 0.15) is 5.78 Å². The Hall–Kier alpha value is -0.0400. The molecule has 0 spiro atoms. The maximum atomic E-state index is 10.6. The Morgan fingerprint density at radius 3 is 2.38 bits per heavy atom. The van der Waals surface area contributed by atoms with Crippen LogP contribution in [0.25, 0.3) is 0 Å². The highest BCUT2D eigenvalue weighted by molar-refractivity contribution is 6.27. The van der Waals surface area contributed by atoms with E-state index in [4.69, 9.17) is 11.6 Å². The number of carbonyl (C=O) groups excluding carboxylic acids is 1. The molecular formula is C6H11ClO. The van der Waals surface area contributed by atoms with E-state index in [-0.39, 0.29) is 17.6 Å². The third-order valence-corrected chi connectivity index (χ3v) is 1.56. The Morgan fingerprint density at radius 1 is 1.75 bits per heavy atom. The second kappa shape index (κ2) is 3.90. The third kappa shape index (κ3) is 2.31. The normalized spacial score (nSPS) is 13.4. The van der Waals surface area contributed by atoms with Gasteiger partial charge >= 0.3 is 0 Å². The molecule has 0 bridgehead atoms. The smallest absolute Gasteiger partial charge is 0.150 e. The molecule has 8 heavy (non-hydrogen) atoms. The molecule has 0 amide bonds. The van der Waals surface area contributed by atoms with Crippen LogP contribution in [0.5, 0.6) is 0 Å². The molecule has 0 rings (SSSR count). The summed E-state index contributed by atoms with van der Waals surface area (Å²) in [6.45, 7) is 3.87. The SMILES string of the molecule is CC[C@H](C)C(=O)CCl. The maximum absolute atomic E-state index is 10.6. The van der Waals surface area contributed by atoms with Gasteiger partial charge in [-0.2, -0.15) is 0 Å². The average molecular weight is 135 g/mol. The highest BCUT2D eigenvalue weighted by Gasteiger charge is 2.06. The fourth-order valence-corrected chi connectivity index (χ4v) is 0.623. The van der Waals surface area contributed by atoms with Gasteiger partial charge in [-0.3, -0.25) is 4.79 Å². The van der Waals surface area contributed by atoms with Crippen LogP contribution >= 0.6 is 11.6 Å². The molecule has 0 aromatic heterocycles. The highest BCUT2D eigenvalue weighted by Crippen LogP contribution is 2.02. The molecule has 2 heteroatoms. The van der Waals surface area contributed by atoms with Crippen molar-refractivity contribution in [1.82, 2.24) is 0 Å². The van der Waals surface area contributed by atoms with Gasteiger partial charge in [-0.05, 0) is 6.42 Å². The number of carbonyl (C=O) groups is 1. The molecule has 0 saturated heterocycles. The molecule has 0 saturated carbocycles. The Bertz CT molecular complexity index is 80.6. The summed E-state index contributed by atoms with van der Waals surface area (Å²) in [5, 5.41) is 0. The Morgan fingerprint density at radius 2 is 2.25 bits per heavy atom. The number of rotatable bonds is 3. The predicted molar refractivity (Wildman–Crippen MR) is 35.2 cm³/mol. The van der Waals surface area contributed by atoms with Gasteiger partial charge in [-0.15, -0.1) is 11.6 Å². The molecule has 0 aliphatic rings. The van der Waals surface area contributed by atoms with Gasteiger partial charge in [0.15, 0.2) is 0 Å². The van der Waals surface area contributed by atoms with E-state index in [0.29, 0.717) is 0 Å². The lowest BCUT2D eigenvalue weighted by Gasteiger charge is -2.01. The van der Waals surface area contributed by atoms with Crippen LogP contribution in [-0.2, 0) is 4.79 Å². The molecule has 0 fully saturated rings. The Balaban J connectivity index is 3.46. The largest absolute Gasteiger partial charge is 0.298 e.